The van der Waals surface area contributed by atoms with Crippen LogP contribution in [0.15, 0.2) is 66.9 Å². The number of anilines is 1. The maximum Gasteiger partial charge on any atom is 0.339 e. The summed E-state index contributed by atoms with van der Waals surface area (Å²) in [5.41, 5.74) is 1.79. The third kappa shape index (κ3) is 5.51. The van der Waals surface area contributed by atoms with E-state index in [9.17, 15) is 9.90 Å². The fraction of sp³-hybridized carbons (Fsp3) is 0.250. The molecule has 0 aliphatic rings. The van der Waals surface area contributed by atoms with Crippen molar-refractivity contribution in [3.05, 3.63) is 78.0 Å². The monoisotopic (exact) mass is 471 g/mol. The zero-order valence-electron chi connectivity index (χ0n) is 20.0. The highest BCUT2D eigenvalue weighted by Crippen LogP contribution is 2.32. The molecule has 1 aromatic heterocycles. The van der Waals surface area contributed by atoms with Crippen molar-refractivity contribution in [1.29, 1.82) is 0 Å². The van der Waals surface area contributed by atoms with Crippen LogP contribution in [0.3, 0.4) is 0 Å². The first kappa shape index (κ1) is 24.0. The van der Waals surface area contributed by atoms with Gasteiger partial charge in [-0.15, -0.1) is 0 Å². The highest BCUT2D eigenvalue weighted by Gasteiger charge is 2.18. The van der Waals surface area contributed by atoms with E-state index in [-0.39, 0.29) is 5.56 Å². The Morgan fingerprint density at radius 2 is 1.91 bits per heavy atom. The largest absolute Gasteiger partial charge is 0.496 e. The second-order valence-corrected chi connectivity index (χ2v) is 8.10. The van der Waals surface area contributed by atoms with Gasteiger partial charge >= 0.3 is 5.97 Å². The fourth-order valence-corrected chi connectivity index (χ4v) is 4.02. The van der Waals surface area contributed by atoms with E-state index >= 15 is 0 Å². The third-order valence-corrected chi connectivity index (χ3v) is 5.78. The second kappa shape index (κ2) is 11.3. The van der Waals surface area contributed by atoms with Gasteiger partial charge in [-0.1, -0.05) is 49.7 Å². The van der Waals surface area contributed by atoms with Crippen molar-refractivity contribution in [2.75, 3.05) is 25.6 Å². The standard InChI is InChI=1S/C28H29N3O4/c1-3-4-18-35-26-22(10-7-11-23(26)28(32)33)27-30-17-15-25(31-27)29-16-14-21-20-9-6-5-8-19(20)12-13-24(21)34-2/h5-13,15,17H,3-4,14,16,18H2,1-2H3,(H,32,33)(H,29,30,31). The van der Waals surface area contributed by atoms with Crippen molar-refractivity contribution < 1.29 is 19.4 Å². The summed E-state index contributed by atoms with van der Waals surface area (Å²) in [5, 5.41) is 15.3. The molecule has 0 atom stereocenters. The number of para-hydroxylation sites is 1. The van der Waals surface area contributed by atoms with Crippen LogP contribution in [0, 0.1) is 0 Å². The SMILES string of the molecule is CCCCOc1c(C(=O)O)cccc1-c1nccc(NCCc2c(OC)ccc3ccccc23)n1. The highest BCUT2D eigenvalue weighted by molar-refractivity contribution is 5.94. The molecule has 0 radical (unpaired) electrons. The van der Waals surface area contributed by atoms with Crippen LogP contribution in [0.5, 0.6) is 11.5 Å². The lowest BCUT2D eigenvalue weighted by Gasteiger charge is -2.15. The Morgan fingerprint density at radius 1 is 1.06 bits per heavy atom. The lowest BCUT2D eigenvalue weighted by molar-refractivity contribution is 0.0692. The predicted octanol–water partition coefficient (Wildman–Crippen LogP) is 5.84. The molecule has 4 rings (SSSR count). The van der Waals surface area contributed by atoms with Crippen molar-refractivity contribution in [1.82, 2.24) is 9.97 Å². The molecule has 0 unspecified atom stereocenters. The molecule has 7 nitrogen and oxygen atoms in total. The van der Waals surface area contributed by atoms with Crippen LogP contribution >= 0.6 is 0 Å². The van der Waals surface area contributed by atoms with Crippen LogP contribution < -0.4 is 14.8 Å². The van der Waals surface area contributed by atoms with Crippen molar-refractivity contribution in [3.63, 3.8) is 0 Å². The quantitative estimate of drug-likeness (QED) is 0.266. The first-order chi connectivity index (χ1) is 17.1. The Kier molecular flexibility index (Phi) is 7.77. The number of rotatable bonds is 11. The zero-order valence-corrected chi connectivity index (χ0v) is 20.0. The van der Waals surface area contributed by atoms with Crippen molar-refractivity contribution >= 4 is 22.6 Å². The van der Waals surface area contributed by atoms with Crippen LogP contribution in [0.25, 0.3) is 22.2 Å². The average molecular weight is 472 g/mol. The number of aromatic nitrogens is 2. The summed E-state index contributed by atoms with van der Waals surface area (Å²) < 4.78 is 11.5. The molecule has 7 heteroatoms. The molecule has 0 saturated carbocycles. The summed E-state index contributed by atoms with van der Waals surface area (Å²) in [5.74, 6) is 1.16. The molecular formula is C28H29N3O4. The molecule has 0 aliphatic heterocycles. The number of benzene rings is 3. The van der Waals surface area contributed by atoms with Gasteiger partial charge in [0.05, 0.1) is 19.3 Å². The Balaban J connectivity index is 1.56. The number of carboxylic acids is 1. The molecule has 0 bridgehead atoms. The van der Waals surface area contributed by atoms with Crippen molar-refractivity contribution in [2.24, 2.45) is 0 Å². The van der Waals surface area contributed by atoms with Crippen LogP contribution in [0.4, 0.5) is 5.82 Å². The number of unbranched alkanes of at least 4 members (excludes halogenated alkanes) is 1. The van der Waals surface area contributed by atoms with E-state index < -0.39 is 5.97 Å². The van der Waals surface area contributed by atoms with Crippen molar-refractivity contribution in [3.8, 4) is 22.9 Å². The van der Waals surface area contributed by atoms with Gasteiger partial charge in [-0.3, -0.25) is 0 Å². The number of aromatic carboxylic acids is 1. The molecule has 0 saturated heterocycles. The summed E-state index contributed by atoms with van der Waals surface area (Å²) in [6.07, 6.45) is 4.17. The number of hydrogen-bond acceptors (Lipinski definition) is 6. The smallest absolute Gasteiger partial charge is 0.339 e. The number of hydrogen-bond donors (Lipinski definition) is 2. The van der Waals surface area contributed by atoms with E-state index in [0.29, 0.717) is 36.1 Å². The van der Waals surface area contributed by atoms with Crippen LogP contribution in [0.2, 0.25) is 0 Å². The number of carbonyl (C=O) groups is 1. The van der Waals surface area contributed by atoms with Crippen LogP contribution in [-0.2, 0) is 6.42 Å². The second-order valence-electron chi connectivity index (χ2n) is 8.10. The van der Waals surface area contributed by atoms with Gasteiger partial charge in [0.2, 0.25) is 0 Å². The molecule has 4 aromatic rings. The number of nitrogens with one attached hydrogen (secondary N) is 1. The van der Waals surface area contributed by atoms with Gasteiger partial charge < -0.3 is 19.9 Å². The molecule has 3 aromatic carbocycles. The predicted molar refractivity (Wildman–Crippen MR) is 138 cm³/mol. The number of nitrogens with zero attached hydrogens (tertiary/aromatic N) is 2. The summed E-state index contributed by atoms with van der Waals surface area (Å²) in [7, 11) is 1.68. The Hall–Kier alpha value is -4.13. The molecular weight excluding hydrogens is 442 g/mol. The van der Waals surface area contributed by atoms with E-state index in [2.05, 4.69) is 40.4 Å². The summed E-state index contributed by atoms with van der Waals surface area (Å²) >= 11 is 0. The minimum atomic E-state index is -1.04. The molecule has 180 valence electrons. The molecule has 0 spiro atoms. The summed E-state index contributed by atoms with van der Waals surface area (Å²) in [6.45, 7) is 3.12. The van der Waals surface area contributed by atoms with Crippen LogP contribution in [0.1, 0.15) is 35.7 Å². The van der Waals surface area contributed by atoms with E-state index in [1.807, 2.05) is 18.2 Å². The molecule has 0 aliphatic carbocycles. The summed E-state index contributed by atoms with van der Waals surface area (Å²) in [6, 6.07) is 19.1. The number of ether oxygens (including phenoxy) is 2. The van der Waals surface area contributed by atoms with Gasteiger partial charge in [-0.25, -0.2) is 14.8 Å². The molecule has 2 N–H and O–H groups in total. The molecule has 35 heavy (non-hydrogen) atoms. The third-order valence-electron chi connectivity index (χ3n) is 5.78. The average Bonchev–Trinajstić information content (AvgIpc) is 2.89. The lowest BCUT2D eigenvalue weighted by Crippen LogP contribution is -2.09. The number of carboxylic acid groups (broad SMARTS) is 1. The van der Waals surface area contributed by atoms with Gasteiger partial charge in [0.15, 0.2) is 5.82 Å². The maximum atomic E-state index is 11.8. The van der Waals surface area contributed by atoms with Gasteiger partial charge in [-0.05, 0) is 47.9 Å². The number of fused-ring (bicyclic) bond motifs is 1. The van der Waals surface area contributed by atoms with Crippen LogP contribution in [-0.4, -0.2) is 41.3 Å². The Morgan fingerprint density at radius 3 is 2.71 bits per heavy atom. The Labute approximate surface area is 204 Å². The van der Waals surface area contributed by atoms with Crippen molar-refractivity contribution in [2.45, 2.75) is 26.2 Å². The summed E-state index contributed by atoms with van der Waals surface area (Å²) in [4.78, 5) is 20.8. The van der Waals surface area contributed by atoms with Gasteiger partial charge in [0, 0.05) is 18.3 Å². The van der Waals surface area contributed by atoms with Gasteiger partial charge in [0.1, 0.15) is 22.9 Å². The number of methoxy groups -OCH3 is 1. The normalized spacial score (nSPS) is 10.8. The maximum absolute atomic E-state index is 11.8. The minimum absolute atomic E-state index is 0.101. The van der Waals surface area contributed by atoms with E-state index in [4.69, 9.17) is 9.47 Å². The molecule has 1 heterocycles. The zero-order chi connectivity index (χ0) is 24.6. The van der Waals surface area contributed by atoms with E-state index in [0.717, 1.165) is 36.0 Å². The van der Waals surface area contributed by atoms with Gasteiger partial charge in [-0.2, -0.15) is 0 Å². The van der Waals surface area contributed by atoms with E-state index in [1.54, 1.807) is 31.5 Å². The minimum Gasteiger partial charge on any atom is -0.496 e. The first-order valence-corrected chi connectivity index (χ1v) is 11.7. The molecule has 0 amide bonds. The first-order valence-electron chi connectivity index (χ1n) is 11.7. The molecule has 0 fully saturated rings. The fourth-order valence-electron chi connectivity index (χ4n) is 4.02. The Bertz CT molecular complexity index is 1320. The van der Waals surface area contributed by atoms with E-state index in [1.165, 1.54) is 11.5 Å². The lowest BCUT2D eigenvalue weighted by atomic mass is 10.0. The topological polar surface area (TPSA) is 93.6 Å². The highest BCUT2D eigenvalue weighted by atomic mass is 16.5. The van der Waals surface area contributed by atoms with Gasteiger partial charge in [0.25, 0.3) is 0 Å².